The van der Waals surface area contributed by atoms with Crippen LogP contribution in [0.2, 0.25) is 0 Å². The van der Waals surface area contributed by atoms with Crippen LogP contribution in [0.15, 0.2) is 41.8 Å². The Morgan fingerprint density at radius 3 is 2.79 bits per heavy atom. The molecular weight excluding hydrogens is 314 g/mol. The molecule has 9 heteroatoms. The Bertz CT molecular complexity index is 651. The number of pyridine rings is 1. The number of hydrogen-bond donors (Lipinski definition) is 4. The molecule has 0 saturated carbocycles. The van der Waals surface area contributed by atoms with E-state index < -0.39 is 24.5 Å². The van der Waals surface area contributed by atoms with Crippen LogP contribution in [0, 0.1) is 0 Å². The van der Waals surface area contributed by atoms with E-state index in [1.165, 1.54) is 12.4 Å². The number of hydrogen-bond acceptors (Lipinski definition) is 8. The molecule has 5 N–H and O–H groups in total. The fraction of sp³-hybridized carbons (Fsp3) is 0.400. The van der Waals surface area contributed by atoms with E-state index in [9.17, 15) is 15.0 Å². The molecule has 1 aromatic heterocycles. The molecule has 0 spiro atoms. The molecular formula is C15H19N5O4. The molecule has 3 rings (SSSR count). The van der Waals surface area contributed by atoms with Crippen LogP contribution in [0.25, 0.3) is 0 Å². The maximum atomic E-state index is 12.0. The van der Waals surface area contributed by atoms with Gasteiger partial charge in [-0.15, -0.1) is 0 Å². The first kappa shape index (κ1) is 16.4. The van der Waals surface area contributed by atoms with Crippen LogP contribution in [-0.2, 0) is 4.74 Å². The molecule has 0 aromatic carbocycles. The van der Waals surface area contributed by atoms with Gasteiger partial charge in [0.25, 0.3) is 5.91 Å². The molecule has 0 aliphatic carbocycles. The summed E-state index contributed by atoms with van der Waals surface area (Å²) in [6.45, 7) is 0.297. The lowest BCUT2D eigenvalue weighted by Gasteiger charge is -2.29. The van der Waals surface area contributed by atoms with Crippen LogP contribution in [-0.4, -0.2) is 69.6 Å². The van der Waals surface area contributed by atoms with E-state index in [1.54, 1.807) is 29.3 Å². The van der Waals surface area contributed by atoms with Crippen molar-refractivity contribution in [1.82, 2.24) is 15.2 Å². The first-order chi connectivity index (χ1) is 11.6. The van der Waals surface area contributed by atoms with Crippen molar-refractivity contribution < 1.29 is 19.7 Å². The zero-order valence-electron chi connectivity index (χ0n) is 12.8. The molecule has 0 radical (unpaired) electrons. The summed E-state index contributed by atoms with van der Waals surface area (Å²) in [4.78, 5) is 21.5. The zero-order chi connectivity index (χ0) is 17.1. The normalized spacial score (nSPS) is 29.4. The Hall–Kier alpha value is -2.49. The monoisotopic (exact) mass is 333 g/mol. The molecule has 9 nitrogen and oxygen atoms in total. The Morgan fingerprint density at radius 1 is 1.38 bits per heavy atom. The molecule has 1 aromatic rings. The van der Waals surface area contributed by atoms with Crippen LogP contribution in [0.3, 0.4) is 0 Å². The van der Waals surface area contributed by atoms with Crippen LogP contribution in [0.1, 0.15) is 10.4 Å². The average Bonchev–Trinajstić information content (AvgIpc) is 2.89. The Balaban J connectivity index is 1.57. The van der Waals surface area contributed by atoms with Crippen molar-refractivity contribution in [1.29, 1.82) is 0 Å². The predicted octanol–water partition coefficient (Wildman–Crippen LogP) is -1.60. The molecule has 1 amide bonds. The van der Waals surface area contributed by atoms with Gasteiger partial charge >= 0.3 is 0 Å². The number of carbonyl (C=O) groups excluding carboxylic acids is 1. The van der Waals surface area contributed by atoms with Gasteiger partial charge in [-0.1, -0.05) is 0 Å². The first-order valence-corrected chi connectivity index (χ1v) is 7.50. The summed E-state index contributed by atoms with van der Waals surface area (Å²) in [5.41, 5.74) is 6.01. The first-order valence-electron chi connectivity index (χ1n) is 7.50. The van der Waals surface area contributed by atoms with Crippen molar-refractivity contribution in [2.75, 3.05) is 13.2 Å². The number of aromatic nitrogens is 1. The minimum absolute atomic E-state index is 0.0683. The molecule has 2 aliphatic heterocycles. The quantitative estimate of drug-likeness (QED) is 0.521. The van der Waals surface area contributed by atoms with Gasteiger partial charge in [0, 0.05) is 30.7 Å². The molecule has 0 bridgehead atoms. The molecule has 4 atom stereocenters. The van der Waals surface area contributed by atoms with Crippen LogP contribution in [0.4, 0.5) is 0 Å². The van der Waals surface area contributed by atoms with E-state index in [0.717, 1.165) is 0 Å². The van der Waals surface area contributed by atoms with E-state index in [4.69, 9.17) is 10.5 Å². The van der Waals surface area contributed by atoms with Crippen molar-refractivity contribution >= 4 is 11.7 Å². The minimum atomic E-state index is -1.12. The van der Waals surface area contributed by atoms with Crippen molar-refractivity contribution in [3.8, 4) is 0 Å². The van der Waals surface area contributed by atoms with E-state index in [-0.39, 0.29) is 19.1 Å². The number of aliphatic hydroxyl groups is 2. The molecule has 3 heterocycles. The van der Waals surface area contributed by atoms with Gasteiger partial charge in [-0.05, 0) is 18.2 Å². The van der Waals surface area contributed by atoms with Gasteiger partial charge in [-0.3, -0.25) is 9.78 Å². The highest BCUT2D eigenvalue weighted by atomic mass is 16.6. The Labute approximate surface area is 138 Å². The van der Waals surface area contributed by atoms with Crippen LogP contribution in [0.5, 0.6) is 0 Å². The summed E-state index contributed by atoms with van der Waals surface area (Å²) in [6.07, 6.45) is 2.56. The fourth-order valence-corrected chi connectivity index (χ4v) is 2.57. The molecule has 128 valence electrons. The maximum Gasteiger partial charge on any atom is 0.251 e. The summed E-state index contributed by atoms with van der Waals surface area (Å²) < 4.78 is 5.68. The number of aliphatic imine (C=N–C) groups is 1. The lowest BCUT2D eigenvalue weighted by molar-refractivity contribution is -0.0679. The lowest BCUT2D eigenvalue weighted by atomic mass is 10.1. The van der Waals surface area contributed by atoms with Gasteiger partial charge in [-0.25, -0.2) is 4.99 Å². The van der Waals surface area contributed by atoms with E-state index in [1.807, 2.05) is 0 Å². The lowest BCUT2D eigenvalue weighted by Crippen LogP contribution is -2.43. The van der Waals surface area contributed by atoms with Gasteiger partial charge in [0.15, 0.2) is 6.23 Å². The molecule has 1 saturated heterocycles. The van der Waals surface area contributed by atoms with Crippen LogP contribution < -0.4 is 11.1 Å². The van der Waals surface area contributed by atoms with Crippen molar-refractivity contribution in [2.24, 2.45) is 10.7 Å². The minimum Gasteiger partial charge on any atom is -0.387 e. The smallest absolute Gasteiger partial charge is 0.251 e. The predicted molar refractivity (Wildman–Crippen MR) is 84.7 cm³/mol. The third-order valence-electron chi connectivity index (χ3n) is 3.92. The summed E-state index contributed by atoms with van der Waals surface area (Å²) in [7, 11) is 0. The number of aliphatic hydroxyl groups excluding tert-OH is 2. The maximum absolute atomic E-state index is 12.0. The number of carbonyl (C=O) groups is 1. The number of amidine groups is 1. The van der Waals surface area contributed by atoms with Gasteiger partial charge in [0.05, 0.1) is 0 Å². The molecule has 24 heavy (non-hydrogen) atoms. The number of rotatable bonds is 4. The molecule has 0 unspecified atom stereocenters. The highest BCUT2D eigenvalue weighted by molar-refractivity contribution is 5.94. The number of nitrogens with one attached hydrogen (secondary N) is 1. The van der Waals surface area contributed by atoms with E-state index in [2.05, 4.69) is 15.3 Å². The standard InChI is InChI=1S/C15H19N5O4/c16-11-3-6-20(8-19-11)15-13(22)12(21)10(24-15)7-18-14(23)9-1-4-17-5-2-9/h1-6,10,12-13,15,21-22H,7-8H2,(H2,16,19)(H,18,23)/t10-,12-,13-,15-/m1/s1. The summed E-state index contributed by atoms with van der Waals surface area (Å²) in [6, 6.07) is 3.17. The number of ether oxygens (including phenoxy) is 1. The third-order valence-corrected chi connectivity index (χ3v) is 3.92. The van der Waals surface area contributed by atoms with Gasteiger partial charge in [0.1, 0.15) is 30.8 Å². The highest BCUT2D eigenvalue weighted by Gasteiger charge is 2.45. The Morgan fingerprint density at radius 2 is 2.12 bits per heavy atom. The Kier molecular flexibility index (Phi) is 4.74. The second-order valence-electron chi connectivity index (χ2n) is 5.55. The number of nitrogens with zero attached hydrogens (tertiary/aromatic N) is 3. The van der Waals surface area contributed by atoms with E-state index in [0.29, 0.717) is 11.4 Å². The average molecular weight is 333 g/mol. The van der Waals surface area contributed by atoms with Gasteiger partial charge < -0.3 is 30.9 Å². The van der Waals surface area contributed by atoms with Crippen molar-refractivity contribution in [3.05, 3.63) is 42.4 Å². The number of nitrogens with two attached hydrogens (primary N) is 1. The summed E-state index contributed by atoms with van der Waals surface area (Å²) >= 11 is 0. The topological polar surface area (TPSA) is 133 Å². The fourth-order valence-electron chi connectivity index (χ4n) is 2.57. The summed E-state index contributed by atoms with van der Waals surface area (Å²) in [5, 5.41) is 23.0. The van der Waals surface area contributed by atoms with Gasteiger partial charge in [0.2, 0.25) is 0 Å². The summed E-state index contributed by atoms with van der Waals surface area (Å²) in [5.74, 6) is 0.0850. The molecule has 1 fully saturated rings. The highest BCUT2D eigenvalue weighted by Crippen LogP contribution is 2.25. The zero-order valence-corrected chi connectivity index (χ0v) is 12.8. The van der Waals surface area contributed by atoms with Gasteiger partial charge in [-0.2, -0.15) is 0 Å². The van der Waals surface area contributed by atoms with Crippen molar-refractivity contribution in [3.63, 3.8) is 0 Å². The van der Waals surface area contributed by atoms with Crippen LogP contribution >= 0.6 is 0 Å². The van der Waals surface area contributed by atoms with E-state index >= 15 is 0 Å². The second kappa shape index (κ2) is 6.95. The van der Waals surface area contributed by atoms with Crippen molar-refractivity contribution in [2.45, 2.75) is 24.5 Å². The second-order valence-corrected chi connectivity index (χ2v) is 5.55. The number of amides is 1. The SMILES string of the molecule is NC1=NCN([C@@H]2O[C@H](CNC(=O)c3ccncc3)[C@@H](O)[C@H]2O)C=C1. The molecule has 2 aliphatic rings. The third kappa shape index (κ3) is 3.37. The largest absolute Gasteiger partial charge is 0.387 e.